The topological polar surface area (TPSA) is 123 Å². The second-order valence-electron chi connectivity index (χ2n) is 6.11. The molecule has 4 rings (SSSR count). The number of carbonyl (C=O) groups excluding carboxylic acids is 1. The van der Waals surface area contributed by atoms with Gasteiger partial charge in [-0.1, -0.05) is 6.07 Å². The minimum absolute atomic E-state index is 0.212. The molecule has 0 saturated heterocycles. The molecule has 5 N–H and O–H groups in total. The number of nitrogens with zero attached hydrogens (tertiary/aromatic N) is 2. The summed E-state index contributed by atoms with van der Waals surface area (Å²) in [5.74, 6) is 1.13. The molecule has 29 heavy (non-hydrogen) atoms. The Bertz CT molecular complexity index is 1040. The van der Waals surface area contributed by atoms with Crippen LogP contribution < -0.4 is 31.4 Å². The largest absolute Gasteiger partial charge is 0.454 e. The van der Waals surface area contributed by atoms with Crippen LogP contribution >= 0.6 is 0 Å². The van der Waals surface area contributed by atoms with Crippen molar-refractivity contribution in [2.45, 2.75) is 6.54 Å². The Hall–Kier alpha value is -4.08. The molecule has 10 heteroatoms. The molecule has 1 aliphatic heterocycles. The summed E-state index contributed by atoms with van der Waals surface area (Å²) in [5, 5.41) is 3.12. The average Bonchev–Trinajstić information content (AvgIpc) is 3.20. The minimum atomic E-state index is -0.460. The zero-order valence-corrected chi connectivity index (χ0v) is 15.1. The lowest BCUT2D eigenvalue weighted by atomic mass is 10.2. The first-order valence-electron chi connectivity index (χ1n) is 8.65. The molecule has 148 valence electrons. The van der Waals surface area contributed by atoms with Crippen molar-refractivity contribution in [3.05, 3.63) is 65.7 Å². The van der Waals surface area contributed by atoms with E-state index in [1.807, 2.05) is 18.2 Å². The number of nitrogens with two attached hydrogens (primary N) is 1. The highest BCUT2D eigenvalue weighted by atomic mass is 19.1. The van der Waals surface area contributed by atoms with E-state index >= 15 is 0 Å². The standard InChI is InChI=1S/C19H17FN6O3/c20-13-4-2-12(3-5-13)19(27)26-25-18-16(21)17(23-9-24-18)22-8-11-1-6-14-15(7-11)29-10-28-14/h1-7,9H,8,10,21H2,(H,26,27)(H2,22,23,24,25). The maximum atomic E-state index is 13.0. The number of aromatic nitrogens is 2. The molecule has 0 spiro atoms. The highest BCUT2D eigenvalue weighted by molar-refractivity contribution is 5.95. The first-order valence-corrected chi connectivity index (χ1v) is 8.65. The number of hydrogen-bond acceptors (Lipinski definition) is 8. The summed E-state index contributed by atoms with van der Waals surface area (Å²) in [7, 11) is 0. The second kappa shape index (κ2) is 7.89. The van der Waals surface area contributed by atoms with Crippen molar-refractivity contribution in [1.82, 2.24) is 15.4 Å². The molecule has 3 aromatic rings. The number of fused-ring (bicyclic) bond motifs is 1. The van der Waals surface area contributed by atoms with E-state index in [2.05, 4.69) is 26.1 Å². The van der Waals surface area contributed by atoms with Crippen LogP contribution in [0.5, 0.6) is 11.5 Å². The maximum absolute atomic E-state index is 13.0. The quantitative estimate of drug-likeness (QED) is 0.468. The lowest BCUT2D eigenvalue weighted by Gasteiger charge is -2.13. The van der Waals surface area contributed by atoms with E-state index in [1.165, 1.54) is 30.6 Å². The number of carbonyl (C=O) groups is 1. The lowest BCUT2D eigenvalue weighted by Crippen LogP contribution is -2.30. The third kappa shape index (κ3) is 4.10. The number of anilines is 3. The van der Waals surface area contributed by atoms with Crippen molar-refractivity contribution in [3.8, 4) is 11.5 Å². The van der Waals surface area contributed by atoms with Gasteiger partial charge in [0.15, 0.2) is 23.1 Å². The fourth-order valence-electron chi connectivity index (χ4n) is 2.66. The molecule has 0 atom stereocenters. The van der Waals surface area contributed by atoms with Gasteiger partial charge in [-0.05, 0) is 42.0 Å². The number of nitrogen functional groups attached to an aromatic ring is 1. The molecule has 0 radical (unpaired) electrons. The second-order valence-corrected chi connectivity index (χ2v) is 6.11. The van der Waals surface area contributed by atoms with E-state index in [-0.39, 0.29) is 23.9 Å². The van der Waals surface area contributed by atoms with Crippen LogP contribution in [0.2, 0.25) is 0 Å². The van der Waals surface area contributed by atoms with Crippen LogP contribution in [0.4, 0.5) is 21.7 Å². The number of nitrogens with one attached hydrogen (secondary N) is 3. The van der Waals surface area contributed by atoms with Gasteiger partial charge in [0.2, 0.25) is 6.79 Å². The van der Waals surface area contributed by atoms with Gasteiger partial charge in [0.25, 0.3) is 5.91 Å². The molecule has 1 amide bonds. The summed E-state index contributed by atoms with van der Waals surface area (Å²) in [6, 6.07) is 10.7. The van der Waals surface area contributed by atoms with Crippen molar-refractivity contribution in [2.75, 3.05) is 23.3 Å². The highest BCUT2D eigenvalue weighted by Gasteiger charge is 2.14. The zero-order chi connectivity index (χ0) is 20.2. The zero-order valence-electron chi connectivity index (χ0n) is 15.1. The summed E-state index contributed by atoms with van der Waals surface area (Å²) in [5.41, 5.74) is 12.7. The number of halogens is 1. The van der Waals surface area contributed by atoms with Gasteiger partial charge in [-0.25, -0.2) is 14.4 Å². The fraction of sp³-hybridized carbons (Fsp3) is 0.105. The van der Waals surface area contributed by atoms with Gasteiger partial charge < -0.3 is 20.5 Å². The Kier molecular flexibility index (Phi) is 4.97. The molecule has 0 unspecified atom stereocenters. The van der Waals surface area contributed by atoms with Crippen molar-refractivity contribution >= 4 is 23.2 Å². The van der Waals surface area contributed by atoms with Crippen LogP contribution in [0.1, 0.15) is 15.9 Å². The van der Waals surface area contributed by atoms with Crippen molar-refractivity contribution < 1.29 is 18.7 Å². The smallest absolute Gasteiger partial charge is 0.269 e. The van der Waals surface area contributed by atoms with E-state index in [9.17, 15) is 9.18 Å². The van der Waals surface area contributed by atoms with Gasteiger partial charge in [0.05, 0.1) is 0 Å². The Morgan fingerprint density at radius 2 is 1.83 bits per heavy atom. The fourth-order valence-corrected chi connectivity index (χ4v) is 2.66. The Morgan fingerprint density at radius 3 is 2.66 bits per heavy atom. The van der Waals surface area contributed by atoms with Gasteiger partial charge in [0.1, 0.15) is 17.8 Å². The van der Waals surface area contributed by atoms with Crippen LogP contribution in [0.3, 0.4) is 0 Å². The Morgan fingerprint density at radius 1 is 1.07 bits per heavy atom. The first kappa shape index (κ1) is 18.3. The van der Waals surface area contributed by atoms with Gasteiger partial charge in [-0.2, -0.15) is 0 Å². The monoisotopic (exact) mass is 396 g/mol. The number of amides is 1. The summed E-state index contributed by atoms with van der Waals surface area (Å²) >= 11 is 0. The van der Waals surface area contributed by atoms with Gasteiger partial charge in [0, 0.05) is 12.1 Å². The highest BCUT2D eigenvalue weighted by Crippen LogP contribution is 2.32. The molecular weight excluding hydrogens is 379 g/mol. The SMILES string of the molecule is Nc1c(NCc2ccc3c(c2)OCO3)ncnc1NNC(=O)c1ccc(F)cc1. The summed E-state index contributed by atoms with van der Waals surface area (Å²) < 4.78 is 23.6. The molecule has 0 aliphatic carbocycles. The number of benzene rings is 2. The van der Waals surface area contributed by atoms with E-state index in [4.69, 9.17) is 15.2 Å². The summed E-state index contributed by atoms with van der Waals surface area (Å²) in [4.78, 5) is 20.3. The van der Waals surface area contributed by atoms with Crippen molar-refractivity contribution in [2.24, 2.45) is 0 Å². The third-order valence-corrected chi connectivity index (χ3v) is 4.18. The first-order chi connectivity index (χ1) is 14.1. The predicted octanol–water partition coefficient (Wildman–Crippen LogP) is 2.30. The number of ether oxygens (including phenoxy) is 2. The molecular formula is C19H17FN6O3. The average molecular weight is 396 g/mol. The van der Waals surface area contributed by atoms with E-state index in [0.717, 1.165) is 5.56 Å². The number of hydrazine groups is 1. The van der Waals surface area contributed by atoms with Crippen LogP contribution in [0.15, 0.2) is 48.8 Å². The van der Waals surface area contributed by atoms with Gasteiger partial charge in [-0.15, -0.1) is 0 Å². The molecule has 0 fully saturated rings. The summed E-state index contributed by atoms with van der Waals surface area (Å²) in [6.07, 6.45) is 1.31. The lowest BCUT2D eigenvalue weighted by molar-refractivity contribution is 0.0962. The van der Waals surface area contributed by atoms with Gasteiger partial charge >= 0.3 is 0 Å². The van der Waals surface area contributed by atoms with Crippen LogP contribution in [-0.2, 0) is 6.54 Å². The van der Waals surface area contributed by atoms with E-state index < -0.39 is 11.7 Å². The number of hydrogen-bond donors (Lipinski definition) is 4. The Labute approximate surface area is 165 Å². The van der Waals surface area contributed by atoms with E-state index in [1.54, 1.807) is 0 Å². The number of rotatable bonds is 6. The van der Waals surface area contributed by atoms with Crippen molar-refractivity contribution in [1.29, 1.82) is 0 Å². The molecule has 1 aromatic heterocycles. The molecule has 0 bridgehead atoms. The molecule has 2 aromatic carbocycles. The van der Waals surface area contributed by atoms with Crippen molar-refractivity contribution in [3.63, 3.8) is 0 Å². The molecule has 9 nitrogen and oxygen atoms in total. The van der Waals surface area contributed by atoms with Crippen LogP contribution in [-0.4, -0.2) is 22.7 Å². The minimum Gasteiger partial charge on any atom is -0.454 e. The maximum Gasteiger partial charge on any atom is 0.269 e. The molecule has 2 heterocycles. The molecule has 0 saturated carbocycles. The predicted molar refractivity (Wildman–Crippen MR) is 104 cm³/mol. The van der Waals surface area contributed by atoms with Crippen LogP contribution in [0.25, 0.3) is 0 Å². The normalized spacial score (nSPS) is 11.8. The molecule has 1 aliphatic rings. The van der Waals surface area contributed by atoms with Gasteiger partial charge in [-0.3, -0.25) is 15.6 Å². The Balaban J connectivity index is 1.39. The summed E-state index contributed by atoms with van der Waals surface area (Å²) in [6.45, 7) is 0.656. The van der Waals surface area contributed by atoms with Crippen LogP contribution in [0, 0.1) is 5.82 Å². The third-order valence-electron chi connectivity index (χ3n) is 4.18. The van der Waals surface area contributed by atoms with E-state index in [0.29, 0.717) is 23.9 Å².